The van der Waals surface area contributed by atoms with Crippen LogP contribution in [0, 0.1) is 11.3 Å². The number of hydrogen-bond acceptors (Lipinski definition) is 4. The lowest BCUT2D eigenvalue weighted by molar-refractivity contribution is 0.0641. The predicted octanol–water partition coefficient (Wildman–Crippen LogP) is 5.78. The number of ether oxygens (including phenoxy) is 1. The molecule has 6 nitrogen and oxygen atoms in total. The van der Waals surface area contributed by atoms with Crippen molar-refractivity contribution >= 4 is 16.5 Å². The van der Waals surface area contributed by atoms with E-state index >= 15 is 0 Å². The molecule has 0 aliphatic carbocycles. The lowest BCUT2D eigenvalue weighted by atomic mass is 9.96. The minimum atomic E-state index is 0.668. The third-order valence-electron chi connectivity index (χ3n) is 7.24. The Labute approximate surface area is 222 Å². The number of fused-ring (bicyclic) bond motifs is 1. The molecule has 1 aliphatic rings. The van der Waals surface area contributed by atoms with Crippen molar-refractivity contribution in [1.82, 2.24) is 19.0 Å². The summed E-state index contributed by atoms with van der Waals surface area (Å²) in [6, 6.07) is 24.9. The van der Waals surface area contributed by atoms with Crippen LogP contribution in [0.1, 0.15) is 22.4 Å². The molecule has 3 aromatic carbocycles. The molecule has 0 atom stereocenters. The molecule has 1 fully saturated rings. The van der Waals surface area contributed by atoms with Crippen molar-refractivity contribution in [3.63, 3.8) is 0 Å². The zero-order chi connectivity index (χ0) is 25.9. The first-order valence-corrected chi connectivity index (χ1v) is 12.9. The molecule has 1 saturated heterocycles. The van der Waals surface area contributed by atoms with E-state index in [1.54, 1.807) is 0 Å². The standard InChI is InChI=1S/C32H29N5O/c1-24(36-13-15-38-16-14-36)31-21-35(22-32(31)30-8-4-6-27-5-2-3-7-29(27)30)20-28-18-34-23-37(28)19-26-11-9-25(17-33)10-12-26/h2-12,18,21-23H,1,13-16,19-20H2. The summed E-state index contributed by atoms with van der Waals surface area (Å²) in [6.07, 6.45) is 8.25. The van der Waals surface area contributed by atoms with E-state index in [0.717, 1.165) is 48.8 Å². The maximum absolute atomic E-state index is 9.10. The van der Waals surface area contributed by atoms with Gasteiger partial charge in [0.05, 0.1) is 43.4 Å². The average molecular weight is 500 g/mol. The second-order valence-electron chi connectivity index (χ2n) is 9.65. The highest BCUT2D eigenvalue weighted by Gasteiger charge is 2.20. The van der Waals surface area contributed by atoms with Crippen LogP contribution in [0.25, 0.3) is 27.6 Å². The van der Waals surface area contributed by atoms with Gasteiger partial charge in [0.2, 0.25) is 0 Å². The number of hydrogen-bond donors (Lipinski definition) is 0. The van der Waals surface area contributed by atoms with Gasteiger partial charge in [0, 0.05) is 55.0 Å². The van der Waals surface area contributed by atoms with Gasteiger partial charge in [-0.25, -0.2) is 4.98 Å². The molecular weight excluding hydrogens is 470 g/mol. The Hall–Kier alpha value is -4.60. The highest BCUT2D eigenvalue weighted by Crippen LogP contribution is 2.36. The van der Waals surface area contributed by atoms with Gasteiger partial charge in [0.25, 0.3) is 0 Å². The van der Waals surface area contributed by atoms with Gasteiger partial charge in [-0.05, 0) is 34.0 Å². The molecule has 5 aromatic rings. The highest BCUT2D eigenvalue weighted by atomic mass is 16.5. The van der Waals surface area contributed by atoms with Crippen LogP contribution < -0.4 is 0 Å². The third-order valence-corrected chi connectivity index (χ3v) is 7.24. The van der Waals surface area contributed by atoms with E-state index in [1.807, 2.05) is 36.8 Å². The fourth-order valence-corrected chi connectivity index (χ4v) is 5.20. The van der Waals surface area contributed by atoms with Crippen LogP contribution in [0.3, 0.4) is 0 Å². The average Bonchev–Trinajstić information content (AvgIpc) is 3.60. The van der Waals surface area contributed by atoms with Gasteiger partial charge in [0.1, 0.15) is 0 Å². The van der Waals surface area contributed by atoms with E-state index in [0.29, 0.717) is 18.7 Å². The largest absolute Gasteiger partial charge is 0.378 e. The van der Waals surface area contributed by atoms with Gasteiger partial charge < -0.3 is 18.8 Å². The fraction of sp³-hybridized carbons (Fsp3) is 0.188. The molecule has 0 saturated carbocycles. The van der Waals surface area contributed by atoms with Gasteiger partial charge in [0.15, 0.2) is 0 Å². The van der Waals surface area contributed by atoms with Crippen molar-refractivity contribution in [3.05, 3.63) is 121 Å². The minimum absolute atomic E-state index is 0.668. The van der Waals surface area contributed by atoms with Gasteiger partial charge in [-0.1, -0.05) is 61.2 Å². The SMILES string of the molecule is C=C(c1cn(Cc2cncn2Cc2ccc(C#N)cc2)cc1-c1cccc2ccccc12)N1CCOCC1. The summed E-state index contributed by atoms with van der Waals surface area (Å²) in [5.74, 6) is 0. The molecule has 0 bridgehead atoms. The molecule has 0 amide bonds. The van der Waals surface area contributed by atoms with Crippen LogP contribution in [-0.4, -0.2) is 45.3 Å². The van der Waals surface area contributed by atoms with Crippen molar-refractivity contribution in [2.75, 3.05) is 26.3 Å². The molecule has 38 heavy (non-hydrogen) atoms. The van der Waals surface area contributed by atoms with Crippen molar-refractivity contribution in [2.45, 2.75) is 13.1 Å². The topological polar surface area (TPSA) is 59.0 Å². The zero-order valence-electron chi connectivity index (χ0n) is 21.3. The number of morpholine rings is 1. The Balaban J connectivity index is 1.36. The minimum Gasteiger partial charge on any atom is -0.378 e. The molecule has 0 spiro atoms. The number of benzene rings is 3. The van der Waals surface area contributed by atoms with Gasteiger partial charge in [-0.15, -0.1) is 0 Å². The first-order valence-electron chi connectivity index (χ1n) is 12.9. The molecule has 3 heterocycles. The normalized spacial score (nSPS) is 13.5. The Morgan fingerprint density at radius 2 is 1.71 bits per heavy atom. The second-order valence-corrected chi connectivity index (χ2v) is 9.65. The number of imidazole rings is 1. The number of nitriles is 1. The Morgan fingerprint density at radius 1 is 0.921 bits per heavy atom. The van der Waals surface area contributed by atoms with Crippen molar-refractivity contribution in [2.24, 2.45) is 0 Å². The highest BCUT2D eigenvalue weighted by molar-refractivity contribution is 5.99. The van der Waals surface area contributed by atoms with E-state index < -0.39 is 0 Å². The monoisotopic (exact) mass is 499 g/mol. The summed E-state index contributed by atoms with van der Waals surface area (Å²) in [7, 11) is 0. The van der Waals surface area contributed by atoms with Crippen LogP contribution in [0.5, 0.6) is 0 Å². The number of nitrogens with zero attached hydrogens (tertiary/aromatic N) is 5. The molecular formula is C32H29N5O. The zero-order valence-corrected chi connectivity index (χ0v) is 21.3. The molecule has 6 heteroatoms. The molecule has 1 aliphatic heterocycles. The van der Waals surface area contributed by atoms with Crippen LogP contribution in [-0.2, 0) is 17.8 Å². The summed E-state index contributed by atoms with van der Waals surface area (Å²) in [4.78, 5) is 6.77. The molecule has 0 unspecified atom stereocenters. The first-order chi connectivity index (χ1) is 18.7. The Morgan fingerprint density at radius 3 is 2.53 bits per heavy atom. The third kappa shape index (κ3) is 4.72. The van der Waals surface area contributed by atoms with Gasteiger partial charge >= 0.3 is 0 Å². The van der Waals surface area contributed by atoms with Gasteiger partial charge in [-0.2, -0.15) is 5.26 Å². The number of rotatable bonds is 7. The molecule has 188 valence electrons. The molecule has 6 rings (SSSR count). The maximum Gasteiger partial charge on any atom is 0.0991 e. The summed E-state index contributed by atoms with van der Waals surface area (Å²) in [5, 5.41) is 11.6. The maximum atomic E-state index is 9.10. The fourth-order valence-electron chi connectivity index (χ4n) is 5.20. The van der Waals surface area contributed by atoms with Crippen LogP contribution in [0.15, 0.2) is 98.2 Å². The smallest absolute Gasteiger partial charge is 0.0991 e. The van der Waals surface area contributed by atoms with Crippen LogP contribution in [0.2, 0.25) is 0 Å². The van der Waals surface area contributed by atoms with Crippen LogP contribution in [0.4, 0.5) is 0 Å². The van der Waals surface area contributed by atoms with Crippen molar-refractivity contribution < 1.29 is 4.74 Å². The predicted molar refractivity (Wildman–Crippen MR) is 150 cm³/mol. The van der Waals surface area contributed by atoms with Crippen molar-refractivity contribution in [1.29, 1.82) is 5.26 Å². The number of aromatic nitrogens is 3. The van der Waals surface area contributed by atoms with E-state index in [-0.39, 0.29) is 0 Å². The summed E-state index contributed by atoms with van der Waals surface area (Å²) >= 11 is 0. The summed E-state index contributed by atoms with van der Waals surface area (Å²) < 4.78 is 10.00. The second kappa shape index (κ2) is 10.4. The van der Waals surface area contributed by atoms with Gasteiger partial charge in [-0.3, -0.25) is 0 Å². The van der Waals surface area contributed by atoms with E-state index in [2.05, 4.69) is 86.5 Å². The van der Waals surface area contributed by atoms with E-state index in [9.17, 15) is 0 Å². The Bertz CT molecular complexity index is 1630. The lowest BCUT2D eigenvalue weighted by Gasteiger charge is -2.30. The molecule has 0 radical (unpaired) electrons. The quantitative estimate of drug-likeness (QED) is 0.285. The molecule has 2 aromatic heterocycles. The first kappa shape index (κ1) is 23.8. The molecule has 0 N–H and O–H groups in total. The van der Waals surface area contributed by atoms with E-state index in [1.165, 1.54) is 21.9 Å². The van der Waals surface area contributed by atoms with Crippen LogP contribution >= 0.6 is 0 Å². The van der Waals surface area contributed by atoms with Crippen molar-refractivity contribution in [3.8, 4) is 17.2 Å². The lowest BCUT2D eigenvalue weighted by Crippen LogP contribution is -2.34. The summed E-state index contributed by atoms with van der Waals surface area (Å²) in [5.41, 5.74) is 7.46. The Kier molecular flexibility index (Phi) is 6.51. The summed E-state index contributed by atoms with van der Waals surface area (Å²) in [6.45, 7) is 9.04. The van der Waals surface area contributed by atoms with E-state index in [4.69, 9.17) is 10.00 Å².